The molecule has 0 amide bonds. The van der Waals surface area contributed by atoms with E-state index in [0.29, 0.717) is 6.61 Å². The maximum atomic E-state index is 5.70. The number of hydrogen-bond acceptors (Lipinski definition) is 5. The molecule has 6 heteroatoms. The molecule has 1 aliphatic heterocycles. The summed E-state index contributed by atoms with van der Waals surface area (Å²) in [4.78, 5) is 0. The highest BCUT2D eigenvalue weighted by molar-refractivity contribution is 9.10. The molecule has 5 nitrogen and oxygen atoms in total. The lowest BCUT2D eigenvalue weighted by atomic mass is 10.1. The predicted molar refractivity (Wildman–Crippen MR) is 64.3 cm³/mol. The average Bonchev–Trinajstić information content (AvgIpc) is 2.74. The van der Waals surface area contributed by atoms with Gasteiger partial charge in [0.05, 0.1) is 18.4 Å². The molecule has 0 radical (unpaired) electrons. The third-order valence-corrected chi connectivity index (χ3v) is 3.25. The quantitative estimate of drug-likeness (QED) is 0.876. The van der Waals surface area contributed by atoms with E-state index in [1.54, 1.807) is 6.20 Å². The van der Waals surface area contributed by atoms with Gasteiger partial charge in [0.2, 0.25) is 5.88 Å². The third kappa shape index (κ3) is 1.79. The van der Waals surface area contributed by atoms with Crippen molar-refractivity contribution in [3.63, 3.8) is 0 Å². The van der Waals surface area contributed by atoms with Gasteiger partial charge in [0.15, 0.2) is 6.79 Å². The van der Waals surface area contributed by atoms with E-state index in [1.165, 1.54) is 0 Å². The van der Waals surface area contributed by atoms with Gasteiger partial charge in [-0.3, -0.25) is 0 Å². The zero-order chi connectivity index (χ0) is 11.8. The van der Waals surface area contributed by atoms with Crippen molar-refractivity contribution in [3.8, 4) is 16.9 Å². The first kappa shape index (κ1) is 10.6. The predicted octanol–water partition coefficient (Wildman–Crippen LogP) is 2.55. The Morgan fingerprint density at radius 2 is 2.18 bits per heavy atom. The largest absolute Gasteiger partial charge is 0.467 e. The molecule has 0 bridgehead atoms. The van der Waals surface area contributed by atoms with E-state index in [2.05, 4.69) is 21.1 Å². The molecule has 0 unspecified atom stereocenters. The molecule has 2 aromatic rings. The number of fused-ring (bicyclic) bond motifs is 1. The van der Waals surface area contributed by atoms with E-state index in [9.17, 15) is 0 Å². The van der Waals surface area contributed by atoms with Gasteiger partial charge in [-0.1, -0.05) is 21.1 Å². The SMILES string of the molecule is Nc1oncc1-c1cc2c(cc1Br)COCO2. The highest BCUT2D eigenvalue weighted by Crippen LogP contribution is 2.38. The first-order valence-electron chi connectivity index (χ1n) is 4.99. The second-order valence-electron chi connectivity index (χ2n) is 3.65. The Hall–Kier alpha value is -1.53. The third-order valence-electron chi connectivity index (χ3n) is 2.59. The van der Waals surface area contributed by atoms with Crippen LogP contribution in [0.4, 0.5) is 5.88 Å². The van der Waals surface area contributed by atoms with Gasteiger partial charge in [-0.05, 0) is 12.1 Å². The van der Waals surface area contributed by atoms with Crippen LogP contribution in [-0.2, 0) is 11.3 Å². The normalized spacial score (nSPS) is 14.2. The fourth-order valence-electron chi connectivity index (χ4n) is 1.76. The molecule has 0 saturated heterocycles. The monoisotopic (exact) mass is 296 g/mol. The van der Waals surface area contributed by atoms with Crippen LogP contribution >= 0.6 is 15.9 Å². The minimum Gasteiger partial charge on any atom is -0.467 e. The van der Waals surface area contributed by atoms with Crippen molar-refractivity contribution in [2.45, 2.75) is 6.61 Å². The number of nitrogens with two attached hydrogens (primary N) is 1. The van der Waals surface area contributed by atoms with Crippen molar-refractivity contribution >= 4 is 21.8 Å². The van der Waals surface area contributed by atoms with Crippen LogP contribution in [-0.4, -0.2) is 11.9 Å². The molecule has 0 saturated carbocycles. The molecule has 0 fully saturated rings. The van der Waals surface area contributed by atoms with Crippen LogP contribution in [0.25, 0.3) is 11.1 Å². The molecule has 2 N–H and O–H groups in total. The number of nitrogen functional groups attached to an aromatic ring is 1. The minimum atomic E-state index is 0.271. The Balaban J connectivity index is 2.15. The summed E-state index contributed by atoms with van der Waals surface area (Å²) >= 11 is 3.49. The fourth-order valence-corrected chi connectivity index (χ4v) is 2.36. The van der Waals surface area contributed by atoms with E-state index in [1.807, 2.05) is 12.1 Å². The molecule has 1 aromatic carbocycles. The molecule has 0 spiro atoms. The molecule has 88 valence electrons. The average molecular weight is 297 g/mol. The standard InChI is InChI=1S/C11H9BrN2O3/c12-9-1-6-4-15-5-16-10(6)2-7(9)8-3-14-17-11(8)13/h1-3H,4-5,13H2. The molecular formula is C11H9BrN2O3. The van der Waals surface area contributed by atoms with Crippen LogP contribution in [0.2, 0.25) is 0 Å². The number of ether oxygens (including phenoxy) is 2. The zero-order valence-electron chi connectivity index (χ0n) is 8.77. The Bertz CT molecular complexity index is 568. The Morgan fingerprint density at radius 3 is 2.94 bits per heavy atom. The van der Waals surface area contributed by atoms with E-state index in [4.69, 9.17) is 19.7 Å². The van der Waals surface area contributed by atoms with E-state index in [0.717, 1.165) is 26.9 Å². The summed E-state index contributed by atoms with van der Waals surface area (Å²) in [7, 11) is 0. The van der Waals surface area contributed by atoms with Crippen molar-refractivity contribution in [3.05, 3.63) is 28.4 Å². The summed E-state index contributed by atoms with van der Waals surface area (Å²) in [6, 6.07) is 3.86. The molecule has 2 heterocycles. The van der Waals surface area contributed by atoms with Crippen LogP contribution in [0.5, 0.6) is 5.75 Å². The fraction of sp³-hybridized carbons (Fsp3) is 0.182. The second-order valence-corrected chi connectivity index (χ2v) is 4.51. The lowest BCUT2D eigenvalue weighted by Crippen LogP contribution is -2.11. The number of aromatic nitrogens is 1. The van der Waals surface area contributed by atoms with E-state index in [-0.39, 0.29) is 12.7 Å². The smallest absolute Gasteiger partial charge is 0.229 e. The Morgan fingerprint density at radius 1 is 1.29 bits per heavy atom. The topological polar surface area (TPSA) is 70.5 Å². The van der Waals surface area contributed by atoms with Crippen molar-refractivity contribution in [1.29, 1.82) is 0 Å². The zero-order valence-corrected chi connectivity index (χ0v) is 10.4. The van der Waals surface area contributed by atoms with Gasteiger partial charge < -0.3 is 19.7 Å². The number of nitrogens with zero attached hydrogens (tertiary/aromatic N) is 1. The number of hydrogen-bond donors (Lipinski definition) is 1. The van der Waals surface area contributed by atoms with E-state index < -0.39 is 0 Å². The van der Waals surface area contributed by atoms with Gasteiger partial charge in [-0.2, -0.15) is 0 Å². The lowest BCUT2D eigenvalue weighted by molar-refractivity contribution is -0.0163. The molecular weight excluding hydrogens is 288 g/mol. The summed E-state index contributed by atoms with van der Waals surface area (Å²) in [5.74, 6) is 1.09. The van der Waals surface area contributed by atoms with Crippen LogP contribution in [0, 0.1) is 0 Å². The molecule has 17 heavy (non-hydrogen) atoms. The van der Waals surface area contributed by atoms with Gasteiger partial charge in [0.25, 0.3) is 0 Å². The van der Waals surface area contributed by atoms with Crippen molar-refractivity contribution in [2.24, 2.45) is 0 Å². The van der Waals surface area contributed by atoms with Crippen LogP contribution in [0.15, 0.2) is 27.3 Å². The van der Waals surface area contributed by atoms with E-state index >= 15 is 0 Å². The maximum absolute atomic E-state index is 5.70. The highest BCUT2D eigenvalue weighted by atomic mass is 79.9. The first-order chi connectivity index (χ1) is 8.25. The summed E-state index contributed by atoms with van der Waals surface area (Å²) in [6.07, 6.45) is 1.58. The molecule has 0 atom stereocenters. The summed E-state index contributed by atoms with van der Waals surface area (Å²) < 4.78 is 16.4. The second kappa shape index (κ2) is 4.05. The van der Waals surface area contributed by atoms with Gasteiger partial charge >= 0.3 is 0 Å². The summed E-state index contributed by atoms with van der Waals surface area (Å²) in [5, 5.41) is 3.66. The van der Waals surface area contributed by atoms with Crippen LogP contribution in [0.1, 0.15) is 5.56 Å². The summed E-state index contributed by atoms with van der Waals surface area (Å²) in [6.45, 7) is 0.820. The number of anilines is 1. The maximum Gasteiger partial charge on any atom is 0.229 e. The van der Waals surface area contributed by atoms with Crippen molar-refractivity contribution < 1.29 is 14.0 Å². The lowest BCUT2D eigenvalue weighted by Gasteiger charge is -2.19. The number of benzene rings is 1. The van der Waals surface area contributed by atoms with Gasteiger partial charge in [-0.15, -0.1) is 0 Å². The Kier molecular flexibility index (Phi) is 2.53. The number of halogens is 1. The van der Waals surface area contributed by atoms with Gasteiger partial charge in [0, 0.05) is 15.6 Å². The Labute approximate surface area is 106 Å². The molecule has 1 aliphatic rings. The highest BCUT2D eigenvalue weighted by Gasteiger charge is 2.17. The number of rotatable bonds is 1. The van der Waals surface area contributed by atoms with Gasteiger partial charge in [0.1, 0.15) is 5.75 Å². The molecule has 0 aliphatic carbocycles. The first-order valence-corrected chi connectivity index (χ1v) is 5.78. The molecule has 1 aromatic heterocycles. The van der Waals surface area contributed by atoms with Crippen LogP contribution < -0.4 is 10.5 Å². The minimum absolute atomic E-state index is 0.271. The van der Waals surface area contributed by atoms with Crippen LogP contribution in [0.3, 0.4) is 0 Å². The van der Waals surface area contributed by atoms with Crippen molar-refractivity contribution in [1.82, 2.24) is 5.16 Å². The van der Waals surface area contributed by atoms with Gasteiger partial charge in [-0.25, -0.2) is 0 Å². The molecule has 3 rings (SSSR count). The van der Waals surface area contributed by atoms with Crippen molar-refractivity contribution in [2.75, 3.05) is 12.5 Å². The summed E-state index contributed by atoms with van der Waals surface area (Å²) in [5.41, 5.74) is 8.34.